The number of benzene rings is 1. The first-order valence-corrected chi connectivity index (χ1v) is 6.49. The Bertz CT molecular complexity index is 416. The van der Waals surface area contributed by atoms with Gasteiger partial charge in [0.2, 0.25) is 0 Å². The lowest BCUT2D eigenvalue weighted by Gasteiger charge is -2.22. The van der Waals surface area contributed by atoms with E-state index >= 15 is 0 Å². The zero-order valence-corrected chi connectivity index (χ0v) is 12.1. The van der Waals surface area contributed by atoms with E-state index in [2.05, 4.69) is 10.1 Å². The van der Waals surface area contributed by atoms with Crippen molar-refractivity contribution in [2.75, 3.05) is 40.5 Å². The zero-order chi connectivity index (χ0) is 14.8. The van der Waals surface area contributed by atoms with E-state index in [-0.39, 0.29) is 5.84 Å². The molecule has 3 N–H and O–H groups in total. The average molecular weight is 281 g/mol. The second-order valence-corrected chi connectivity index (χ2v) is 4.40. The molecule has 0 heterocycles. The second kappa shape index (κ2) is 9.30. The summed E-state index contributed by atoms with van der Waals surface area (Å²) in [6.45, 7) is 3.58. The van der Waals surface area contributed by atoms with Crippen LogP contribution in [0.5, 0.6) is 0 Å². The van der Waals surface area contributed by atoms with Crippen LogP contribution in [0.2, 0.25) is 0 Å². The van der Waals surface area contributed by atoms with Crippen LogP contribution < -0.4 is 5.73 Å². The highest BCUT2D eigenvalue weighted by Crippen LogP contribution is 2.11. The van der Waals surface area contributed by atoms with E-state index in [4.69, 9.17) is 20.4 Å². The van der Waals surface area contributed by atoms with Gasteiger partial charge in [0.15, 0.2) is 5.84 Å². The van der Waals surface area contributed by atoms with Crippen LogP contribution in [-0.2, 0) is 16.0 Å². The van der Waals surface area contributed by atoms with Crippen molar-refractivity contribution >= 4 is 5.84 Å². The predicted molar refractivity (Wildman–Crippen MR) is 78.0 cm³/mol. The Balaban J connectivity index is 2.81. The quantitative estimate of drug-likeness (QED) is 0.304. The fourth-order valence-electron chi connectivity index (χ4n) is 1.91. The Morgan fingerprint density at radius 2 is 1.80 bits per heavy atom. The average Bonchev–Trinajstić information content (AvgIpc) is 2.49. The third kappa shape index (κ3) is 5.16. The van der Waals surface area contributed by atoms with E-state index in [1.807, 2.05) is 24.3 Å². The summed E-state index contributed by atoms with van der Waals surface area (Å²) in [4.78, 5) is 2.20. The van der Waals surface area contributed by atoms with Gasteiger partial charge in [0.05, 0.1) is 13.2 Å². The first kappa shape index (κ1) is 16.4. The van der Waals surface area contributed by atoms with Crippen LogP contribution in [0, 0.1) is 0 Å². The number of hydrogen-bond acceptors (Lipinski definition) is 5. The number of amidine groups is 1. The lowest BCUT2D eigenvalue weighted by atomic mass is 10.1. The molecule has 0 aromatic heterocycles. The molecule has 0 aliphatic heterocycles. The Labute approximate surface area is 119 Å². The highest BCUT2D eigenvalue weighted by atomic mass is 16.5. The van der Waals surface area contributed by atoms with Crippen LogP contribution in [0.3, 0.4) is 0 Å². The first-order valence-electron chi connectivity index (χ1n) is 6.49. The van der Waals surface area contributed by atoms with Gasteiger partial charge in [-0.05, 0) is 5.56 Å². The van der Waals surface area contributed by atoms with Crippen LogP contribution >= 0.6 is 0 Å². The van der Waals surface area contributed by atoms with Crippen molar-refractivity contribution in [3.8, 4) is 0 Å². The minimum absolute atomic E-state index is 0.124. The minimum atomic E-state index is 0.124. The maximum Gasteiger partial charge on any atom is 0.170 e. The molecule has 20 heavy (non-hydrogen) atoms. The van der Waals surface area contributed by atoms with Gasteiger partial charge in [-0.25, -0.2) is 0 Å². The van der Waals surface area contributed by atoms with Crippen LogP contribution in [-0.4, -0.2) is 56.5 Å². The SMILES string of the molecule is COCCN(CCOC)Cc1ccccc1C(N)=NO. The van der Waals surface area contributed by atoms with Gasteiger partial charge in [-0.15, -0.1) is 0 Å². The number of methoxy groups -OCH3 is 2. The number of nitrogens with zero attached hydrogens (tertiary/aromatic N) is 2. The summed E-state index contributed by atoms with van der Waals surface area (Å²) in [6.07, 6.45) is 0. The Kier molecular flexibility index (Phi) is 7.64. The van der Waals surface area contributed by atoms with Gasteiger partial charge in [0.1, 0.15) is 0 Å². The molecule has 0 aliphatic carbocycles. The highest BCUT2D eigenvalue weighted by molar-refractivity contribution is 5.98. The van der Waals surface area contributed by atoms with Crippen molar-refractivity contribution in [2.24, 2.45) is 10.9 Å². The molecule has 0 spiro atoms. The van der Waals surface area contributed by atoms with Crippen molar-refractivity contribution in [1.29, 1.82) is 0 Å². The summed E-state index contributed by atoms with van der Waals surface area (Å²) in [7, 11) is 3.36. The van der Waals surface area contributed by atoms with Gasteiger partial charge in [0.25, 0.3) is 0 Å². The number of ether oxygens (including phenoxy) is 2. The van der Waals surface area contributed by atoms with Crippen LogP contribution in [0.15, 0.2) is 29.4 Å². The van der Waals surface area contributed by atoms with Crippen molar-refractivity contribution in [3.05, 3.63) is 35.4 Å². The molecule has 0 atom stereocenters. The molecular formula is C14H23N3O3. The van der Waals surface area contributed by atoms with Gasteiger partial charge >= 0.3 is 0 Å². The molecule has 0 aliphatic rings. The minimum Gasteiger partial charge on any atom is -0.409 e. The molecule has 6 nitrogen and oxygen atoms in total. The molecule has 0 saturated carbocycles. The van der Waals surface area contributed by atoms with Crippen molar-refractivity contribution in [3.63, 3.8) is 0 Å². The van der Waals surface area contributed by atoms with Crippen molar-refractivity contribution < 1.29 is 14.7 Å². The molecule has 6 heteroatoms. The molecule has 0 amide bonds. The zero-order valence-electron chi connectivity index (χ0n) is 12.1. The molecule has 1 rings (SSSR count). The van der Waals surface area contributed by atoms with Gasteiger partial charge in [-0.3, -0.25) is 4.90 Å². The highest BCUT2D eigenvalue weighted by Gasteiger charge is 2.11. The fraction of sp³-hybridized carbons (Fsp3) is 0.500. The maximum atomic E-state index is 8.84. The summed E-state index contributed by atoms with van der Waals surface area (Å²) in [5.41, 5.74) is 7.46. The topological polar surface area (TPSA) is 80.3 Å². The predicted octanol–water partition coefficient (Wildman–Crippen LogP) is 0.876. The van der Waals surface area contributed by atoms with Crippen LogP contribution in [0.4, 0.5) is 0 Å². The Hall–Kier alpha value is -1.63. The lowest BCUT2D eigenvalue weighted by Crippen LogP contribution is -2.31. The summed E-state index contributed by atoms with van der Waals surface area (Å²) in [6, 6.07) is 7.62. The van der Waals surface area contributed by atoms with Crippen LogP contribution in [0.1, 0.15) is 11.1 Å². The maximum absolute atomic E-state index is 8.84. The van der Waals surface area contributed by atoms with E-state index in [9.17, 15) is 0 Å². The van der Waals surface area contributed by atoms with E-state index in [0.717, 1.165) is 24.2 Å². The third-order valence-electron chi connectivity index (χ3n) is 3.02. The van der Waals surface area contributed by atoms with E-state index in [1.165, 1.54) is 0 Å². The number of rotatable bonds is 9. The Morgan fingerprint density at radius 3 is 2.35 bits per heavy atom. The van der Waals surface area contributed by atoms with Crippen molar-refractivity contribution in [1.82, 2.24) is 4.90 Å². The number of oxime groups is 1. The lowest BCUT2D eigenvalue weighted by molar-refractivity contribution is 0.110. The fourth-order valence-corrected chi connectivity index (χ4v) is 1.91. The molecule has 0 saturated heterocycles. The molecule has 1 aromatic carbocycles. The third-order valence-corrected chi connectivity index (χ3v) is 3.02. The molecule has 112 valence electrons. The molecule has 0 unspecified atom stereocenters. The van der Waals surface area contributed by atoms with Crippen LogP contribution in [0.25, 0.3) is 0 Å². The smallest absolute Gasteiger partial charge is 0.170 e. The van der Waals surface area contributed by atoms with Crippen molar-refractivity contribution in [2.45, 2.75) is 6.54 Å². The van der Waals surface area contributed by atoms with Gasteiger partial charge in [-0.1, -0.05) is 29.4 Å². The summed E-state index contributed by atoms with van der Waals surface area (Å²) < 4.78 is 10.2. The number of nitrogens with two attached hydrogens (primary N) is 1. The molecular weight excluding hydrogens is 258 g/mol. The Morgan fingerprint density at radius 1 is 1.20 bits per heavy atom. The van der Waals surface area contributed by atoms with E-state index in [1.54, 1.807) is 14.2 Å². The monoisotopic (exact) mass is 281 g/mol. The van der Waals surface area contributed by atoms with Gasteiger partial charge in [0, 0.05) is 39.4 Å². The van der Waals surface area contributed by atoms with E-state index < -0.39 is 0 Å². The summed E-state index contributed by atoms with van der Waals surface area (Å²) >= 11 is 0. The molecule has 1 aromatic rings. The summed E-state index contributed by atoms with van der Waals surface area (Å²) in [5, 5.41) is 11.9. The first-order chi connectivity index (χ1) is 9.72. The largest absolute Gasteiger partial charge is 0.409 e. The normalized spacial score (nSPS) is 12.1. The standard InChI is InChI=1S/C14H23N3O3/c1-19-9-7-17(8-10-20-2)11-12-5-3-4-6-13(12)14(15)16-18/h3-6,18H,7-11H2,1-2H3,(H2,15,16). The summed E-state index contributed by atoms with van der Waals surface area (Å²) in [5.74, 6) is 0.124. The number of hydrogen-bond donors (Lipinski definition) is 2. The van der Waals surface area contributed by atoms with Gasteiger partial charge < -0.3 is 20.4 Å². The second-order valence-electron chi connectivity index (χ2n) is 4.40. The van der Waals surface area contributed by atoms with Gasteiger partial charge in [-0.2, -0.15) is 0 Å². The van der Waals surface area contributed by atoms with E-state index in [0.29, 0.717) is 19.8 Å². The molecule has 0 radical (unpaired) electrons. The molecule has 0 bridgehead atoms. The molecule has 0 fully saturated rings.